The molecule has 1 N–H and O–H groups in total. The van der Waals surface area contributed by atoms with Gasteiger partial charge in [-0.3, -0.25) is 9.89 Å². The number of hydrogen-bond donors (Lipinski definition) is 1. The summed E-state index contributed by atoms with van der Waals surface area (Å²) < 4.78 is 0. The topological polar surface area (TPSA) is 78.0 Å². The van der Waals surface area contributed by atoms with E-state index in [1.54, 1.807) is 12.5 Å². The second kappa shape index (κ2) is 7.85. The quantitative estimate of drug-likeness (QED) is 0.917. The molecule has 2 aromatic rings. The molecule has 4 heterocycles. The van der Waals surface area contributed by atoms with Crippen LogP contribution in [0.15, 0.2) is 24.7 Å². The lowest BCUT2D eigenvalue weighted by Gasteiger charge is -2.31. The van der Waals surface area contributed by atoms with Gasteiger partial charge >= 0.3 is 0 Å². The SMILES string of the molecule is O=C(c1ccc(N2CCCCCC2)nc1)N1CCC(c2ncn[nH]2)CC1. The van der Waals surface area contributed by atoms with Crippen molar-refractivity contribution in [3.63, 3.8) is 0 Å². The van der Waals surface area contributed by atoms with Crippen molar-refractivity contribution in [2.75, 3.05) is 31.1 Å². The minimum atomic E-state index is 0.0796. The first kappa shape index (κ1) is 17.0. The summed E-state index contributed by atoms with van der Waals surface area (Å²) >= 11 is 0. The second-order valence-electron chi connectivity index (χ2n) is 7.24. The van der Waals surface area contributed by atoms with Crippen molar-refractivity contribution >= 4 is 11.7 Å². The van der Waals surface area contributed by atoms with Crippen molar-refractivity contribution < 1.29 is 4.79 Å². The molecule has 7 heteroatoms. The van der Waals surface area contributed by atoms with Crippen LogP contribution in [0.5, 0.6) is 0 Å². The lowest BCUT2D eigenvalue weighted by molar-refractivity contribution is 0.0711. The number of anilines is 1. The predicted molar refractivity (Wildman–Crippen MR) is 99.2 cm³/mol. The number of pyridine rings is 1. The number of piperidine rings is 1. The summed E-state index contributed by atoms with van der Waals surface area (Å²) in [6.45, 7) is 3.63. The summed E-state index contributed by atoms with van der Waals surface area (Å²) in [4.78, 5) is 25.9. The van der Waals surface area contributed by atoms with Crippen molar-refractivity contribution in [2.24, 2.45) is 0 Å². The summed E-state index contributed by atoms with van der Waals surface area (Å²) in [5, 5.41) is 6.87. The zero-order valence-electron chi connectivity index (χ0n) is 15.1. The van der Waals surface area contributed by atoms with E-state index in [4.69, 9.17) is 0 Å². The minimum absolute atomic E-state index is 0.0796. The van der Waals surface area contributed by atoms with E-state index < -0.39 is 0 Å². The number of aromatic nitrogens is 4. The molecule has 1 amide bonds. The first-order valence-electron chi connectivity index (χ1n) is 9.67. The Balaban J connectivity index is 1.36. The van der Waals surface area contributed by atoms with Crippen molar-refractivity contribution in [3.8, 4) is 0 Å². The molecule has 0 radical (unpaired) electrons. The number of rotatable bonds is 3. The van der Waals surface area contributed by atoms with Crippen LogP contribution in [-0.2, 0) is 0 Å². The fourth-order valence-electron chi connectivity index (χ4n) is 3.95. The van der Waals surface area contributed by atoms with Crippen molar-refractivity contribution in [2.45, 2.75) is 44.4 Å². The van der Waals surface area contributed by atoms with Gasteiger partial charge in [-0.25, -0.2) is 9.97 Å². The molecule has 0 aromatic carbocycles. The Kier molecular flexibility index (Phi) is 5.13. The Hall–Kier alpha value is -2.44. The number of hydrogen-bond acceptors (Lipinski definition) is 5. The van der Waals surface area contributed by atoms with Crippen LogP contribution in [-0.4, -0.2) is 57.2 Å². The molecule has 2 saturated heterocycles. The van der Waals surface area contributed by atoms with Gasteiger partial charge in [-0.1, -0.05) is 12.8 Å². The standard InChI is InChI=1S/C19H26N6O/c26-19(25-11-7-15(8-12-25)18-21-14-22-23-18)16-5-6-17(20-13-16)24-9-3-1-2-4-10-24/h5-6,13-15H,1-4,7-12H2,(H,21,22,23). The molecule has 4 rings (SSSR count). The highest BCUT2D eigenvalue weighted by molar-refractivity contribution is 5.94. The van der Waals surface area contributed by atoms with Crippen LogP contribution in [0.1, 0.15) is 60.6 Å². The third-order valence-electron chi connectivity index (χ3n) is 5.53. The number of aromatic amines is 1. The second-order valence-corrected chi connectivity index (χ2v) is 7.24. The van der Waals surface area contributed by atoms with Gasteiger partial charge in [-0.2, -0.15) is 5.10 Å². The maximum Gasteiger partial charge on any atom is 0.255 e. The van der Waals surface area contributed by atoms with E-state index >= 15 is 0 Å². The van der Waals surface area contributed by atoms with Gasteiger partial charge in [0.1, 0.15) is 18.0 Å². The molecule has 0 bridgehead atoms. The van der Waals surface area contributed by atoms with Crippen LogP contribution in [0.4, 0.5) is 5.82 Å². The molecule has 2 fully saturated rings. The normalized spacial score (nSPS) is 19.4. The van der Waals surface area contributed by atoms with Gasteiger partial charge in [-0.05, 0) is 37.8 Å². The number of nitrogens with one attached hydrogen (secondary N) is 1. The highest BCUT2D eigenvalue weighted by atomic mass is 16.2. The van der Waals surface area contributed by atoms with Gasteiger partial charge in [0.2, 0.25) is 0 Å². The molecule has 2 aliphatic heterocycles. The number of amides is 1. The summed E-state index contributed by atoms with van der Waals surface area (Å²) in [5.74, 6) is 2.37. The van der Waals surface area contributed by atoms with E-state index in [0.29, 0.717) is 11.5 Å². The first-order valence-corrected chi connectivity index (χ1v) is 9.67. The van der Waals surface area contributed by atoms with Gasteiger partial charge in [0.15, 0.2) is 0 Å². The zero-order valence-corrected chi connectivity index (χ0v) is 15.1. The molecule has 0 saturated carbocycles. The van der Waals surface area contributed by atoms with E-state index in [-0.39, 0.29) is 5.91 Å². The zero-order chi connectivity index (χ0) is 17.8. The molecule has 26 heavy (non-hydrogen) atoms. The molecule has 0 spiro atoms. The van der Waals surface area contributed by atoms with Crippen LogP contribution >= 0.6 is 0 Å². The highest BCUT2D eigenvalue weighted by Gasteiger charge is 2.26. The number of nitrogens with zero attached hydrogens (tertiary/aromatic N) is 5. The van der Waals surface area contributed by atoms with E-state index in [1.807, 2.05) is 17.0 Å². The Bertz CT molecular complexity index is 698. The maximum absolute atomic E-state index is 12.8. The fraction of sp³-hybridized carbons (Fsp3) is 0.579. The van der Waals surface area contributed by atoms with Crippen molar-refractivity contribution in [1.29, 1.82) is 0 Å². The van der Waals surface area contributed by atoms with Crippen LogP contribution in [0.3, 0.4) is 0 Å². The van der Waals surface area contributed by atoms with Crippen LogP contribution in [0.2, 0.25) is 0 Å². The van der Waals surface area contributed by atoms with Gasteiger partial charge in [0.25, 0.3) is 5.91 Å². The molecule has 138 valence electrons. The third-order valence-corrected chi connectivity index (χ3v) is 5.53. The van der Waals surface area contributed by atoms with Gasteiger partial charge < -0.3 is 9.80 Å². The van der Waals surface area contributed by atoms with Crippen molar-refractivity contribution in [3.05, 3.63) is 36.0 Å². The van der Waals surface area contributed by atoms with Crippen LogP contribution in [0.25, 0.3) is 0 Å². The minimum Gasteiger partial charge on any atom is -0.357 e. The largest absolute Gasteiger partial charge is 0.357 e. The fourth-order valence-corrected chi connectivity index (χ4v) is 3.95. The summed E-state index contributed by atoms with van der Waals surface area (Å²) in [7, 11) is 0. The molecule has 0 unspecified atom stereocenters. The lowest BCUT2D eigenvalue weighted by Crippen LogP contribution is -2.38. The Morgan fingerprint density at radius 2 is 1.77 bits per heavy atom. The smallest absolute Gasteiger partial charge is 0.255 e. The lowest BCUT2D eigenvalue weighted by atomic mass is 9.96. The molecular weight excluding hydrogens is 328 g/mol. The van der Waals surface area contributed by atoms with Crippen LogP contribution < -0.4 is 4.90 Å². The Morgan fingerprint density at radius 1 is 1.00 bits per heavy atom. The molecule has 0 atom stereocenters. The number of carbonyl (C=O) groups is 1. The van der Waals surface area contributed by atoms with E-state index in [2.05, 4.69) is 25.1 Å². The molecule has 7 nitrogen and oxygen atoms in total. The van der Waals surface area contributed by atoms with E-state index in [1.165, 1.54) is 25.7 Å². The highest BCUT2D eigenvalue weighted by Crippen LogP contribution is 2.26. The van der Waals surface area contributed by atoms with Crippen molar-refractivity contribution in [1.82, 2.24) is 25.1 Å². The number of H-pyrrole nitrogens is 1. The average molecular weight is 354 g/mol. The molecular formula is C19H26N6O. The average Bonchev–Trinajstić information content (AvgIpc) is 3.10. The molecule has 2 aliphatic rings. The number of carbonyl (C=O) groups excluding carboxylic acids is 1. The van der Waals surface area contributed by atoms with Gasteiger partial charge in [0.05, 0.1) is 5.56 Å². The first-order chi connectivity index (χ1) is 12.8. The van der Waals surface area contributed by atoms with E-state index in [9.17, 15) is 4.79 Å². The van der Waals surface area contributed by atoms with E-state index in [0.717, 1.165) is 50.7 Å². The van der Waals surface area contributed by atoms with Gasteiger partial charge in [0, 0.05) is 38.3 Å². The molecule has 2 aromatic heterocycles. The monoisotopic (exact) mass is 354 g/mol. The predicted octanol–water partition coefficient (Wildman–Crippen LogP) is 2.60. The summed E-state index contributed by atoms with van der Waals surface area (Å²) in [6.07, 6.45) is 10.2. The van der Waals surface area contributed by atoms with Crippen LogP contribution in [0, 0.1) is 0 Å². The maximum atomic E-state index is 12.8. The third kappa shape index (κ3) is 3.71. The Morgan fingerprint density at radius 3 is 2.38 bits per heavy atom. The Labute approximate surface area is 153 Å². The molecule has 0 aliphatic carbocycles. The van der Waals surface area contributed by atoms with Gasteiger partial charge in [-0.15, -0.1) is 0 Å². The number of likely N-dealkylation sites (tertiary alicyclic amines) is 1. The summed E-state index contributed by atoms with van der Waals surface area (Å²) in [5.41, 5.74) is 0.682. The summed E-state index contributed by atoms with van der Waals surface area (Å²) in [6, 6.07) is 3.93.